The second kappa shape index (κ2) is 10.5. The molecule has 0 saturated heterocycles. The predicted molar refractivity (Wildman–Crippen MR) is 208 cm³/mol. The first-order valence-electron chi connectivity index (χ1n) is 17.1. The van der Waals surface area contributed by atoms with Crippen molar-refractivity contribution < 1.29 is 0 Å². The van der Waals surface area contributed by atoms with E-state index in [1.807, 2.05) is 6.20 Å². The van der Waals surface area contributed by atoms with Gasteiger partial charge in [0.15, 0.2) is 0 Å². The van der Waals surface area contributed by atoms with Crippen LogP contribution in [0.15, 0.2) is 164 Å². The average molecular weight is 624 g/mol. The van der Waals surface area contributed by atoms with E-state index in [1.165, 1.54) is 93.2 Å². The van der Waals surface area contributed by atoms with Crippen molar-refractivity contribution in [1.82, 2.24) is 4.98 Å². The number of hydrogen-bond acceptors (Lipinski definition) is 1. The van der Waals surface area contributed by atoms with E-state index in [1.54, 1.807) is 0 Å². The summed E-state index contributed by atoms with van der Waals surface area (Å²) in [6, 6.07) is 58.2. The van der Waals surface area contributed by atoms with Crippen molar-refractivity contribution in [2.24, 2.45) is 0 Å². The van der Waals surface area contributed by atoms with Crippen LogP contribution in [0.5, 0.6) is 0 Å². The van der Waals surface area contributed by atoms with Crippen molar-refractivity contribution in [2.45, 2.75) is 19.3 Å². The normalized spacial score (nSPS) is 13.3. The molecule has 0 unspecified atom stereocenters. The first-order chi connectivity index (χ1) is 24.1. The number of pyridine rings is 1. The van der Waals surface area contributed by atoms with Gasteiger partial charge in [0.2, 0.25) is 0 Å². The molecule has 0 amide bonds. The van der Waals surface area contributed by atoms with Crippen LogP contribution in [0.25, 0.3) is 87.7 Å². The highest BCUT2D eigenvalue weighted by Crippen LogP contribution is 2.52. The lowest BCUT2D eigenvalue weighted by atomic mass is 9.80. The summed E-state index contributed by atoms with van der Waals surface area (Å²) < 4.78 is 0. The van der Waals surface area contributed by atoms with Gasteiger partial charge in [-0.05, 0) is 106 Å². The van der Waals surface area contributed by atoms with Crippen LogP contribution >= 0.6 is 0 Å². The smallest absolute Gasteiger partial charge is 0.0752 e. The Morgan fingerprint density at radius 1 is 0.388 bits per heavy atom. The number of hydrogen-bond donors (Lipinski definition) is 0. The molecule has 1 nitrogen and oxygen atoms in total. The third-order valence-corrected chi connectivity index (χ3v) is 10.9. The van der Waals surface area contributed by atoms with Gasteiger partial charge in [0.25, 0.3) is 0 Å². The molecule has 0 atom stereocenters. The largest absolute Gasteiger partial charge is 0.256 e. The van der Waals surface area contributed by atoms with Crippen LogP contribution < -0.4 is 0 Å². The summed E-state index contributed by atoms with van der Waals surface area (Å²) in [4.78, 5) is 4.88. The van der Waals surface area contributed by atoms with Crippen molar-refractivity contribution >= 4 is 43.1 Å². The lowest BCUT2D eigenvalue weighted by Gasteiger charge is -2.22. The predicted octanol–water partition coefficient (Wildman–Crippen LogP) is 13.0. The van der Waals surface area contributed by atoms with Gasteiger partial charge in [0.1, 0.15) is 0 Å². The zero-order valence-electron chi connectivity index (χ0n) is 27.5. The Balaban J connectivity index is 1.17. The fraction of sp³-hybridized carbons (Fsp3) is 0.0625. The summed E-state index contributed by atoms with van der Waals surface area (Å²) in [6.07, 6.45) is 1.92. The minimum atomic E-state index is -0.123. The number of benzene rings is 8. The minimum Gasteiger partial charge on any atom is -0.256 e. The Labute approximate surface area is 286 Å². The van der Waals surface area contributed by atoms with Gasteiger partial charge in [-0.25, -0.2) is 0 Å². The lowest BCUT2D eigenvalue weighted by molar-refractivity contribution is 0.659. The molecule has 1 aliphatic rings. The molecular formula is C48H33N. The fourth-order valence-electron chi connectivity index (χ4n) is 8.53. The molecule has 0 aliphatic heterocycles. The first-order valence-corrected chi connectivity index (χ1v) is 17.1. The summed E-state index contributed by atoms with van der Waals surface area (Å²) in [5, 5.41) is 10.1. The molecule has 0 saturated carbocycles. The molecule has 0 spiro atoms. The van der Waals surface area contributed by atoms with Crippen molar-refractivity contribution in [2.75, 3.05) is 0 Å². The van der Waals surface area contributed by atoms with Crippen molar-refractivity contribution in [3.05, 3.63) is 175 Å². The van der Waals surface area contributed by atoms with E-state index in [2.05, 4.69) is 172 Å². The van der Waals surface area contributed by atoms with E-state index in [-0.39, 0.29) is 5.41 Å². The molecule has 0 radical (unpaired) electrons. The van der Waals surface area contributed by atoms with Crippen LogP contribution in [0.2, 0.25) is 0 Å². The molecule has 8 aromatic carbocycles. The van der Waals surface area contributed by atoms with Crippen molar-refractivity contribution in [3.8, 4) is 44.6 Å². The standard InChI is InChI=1S/C48H33N/c1-48(2)42-20-11-27-49-47(42)46-36-15-6-5-14-35(36)41(29-43(46)48)31-22-24-32(25-23-31)44-37-16-7-9-18-39(37)45(40-19-10-8-17-38(40)44)34-26-21-30-12-3-4-13-33(30)28-34/h3-29H,1-2H3. The Morgan fingerprint density at radius 3 is 1.55 bits per heavy atom. The van der Waals surface area contributed by atoms with E-state index >= 15 is 0 Å². The van der Waals surface area contributed by atoms with Crippen molar-refractivity contribution in [3.63, 3.8) is 0 Å². The Morgan fingerprint density at radius 2 is 0.898 bits per heavy atom. The van der Waals surface area contributed by atoms with E-state index in [0.29, 0.717) is 0 Å². The highest BCUT2D eigenvalue weighted by Gasteiger charge is 2.38. The highest BCUT2D eigenvalue weighted by atomic mass is 14.7. The minimum absolute atomic E-state index is 0.123. The quantitative estimate of drug-likeness (QED) is 0.178. The average Bonchev–Trinajstić information content (AvgIpc) is 3.39. The zero-order chi connectivity index (χ0) is 32.7. The van der Waals surface area contributed by atoms with Crippen LogP contribution in [0.3, 0.4) is 0 Å². The van der Waals surface area contributed by atoms with E-state index < -0.39 is 0 Å². The van der Waals surface area contributed by atoms with Gasteiger partial charge >= 0.3 is 0 Å². The molecule has 9 aromatic rings. The topological polar surface area (TPSA) is 12.9 Å². The van der Waals surface area contributed by atoms with Crippen LogP contribution in [-0.4, -0.2) is 4.98 Å². The Kier molecular flexibility index (Phi) is 5.99. The molecule has 1 heterocycles. The molecule has 230 valence electrons. The first kappa shape index (κ1) is 28.0. The monoisotopic (exact) mass is 623 g/mol. The molecule has 0 N–H and O–H groups in total. The number of rotatable bonds is 3. The summed E-state index contributed by atoms with van der Waals surface area (Å²) in [5.41, 5.74) is 12.5. The summed E-state index contributed by atoms with van der Waals surface area (Å²) in [7, 11) is 0. The van der Waals surface area contributed by atoms with Crippen LogP contribution in [0.1, 0.15) is 25.0 Å². The molecular weight excluding hydrogens is 591 g/mol. The molecule has 0 bridgehead atoms. The van der Waals surface area contributed by atoms with Gasteiger partial charge in [-0.3, -0.25) is 4.98 Å². The van der Waals surface area contributed by atoms with E-state index in [0.717, 1.165) is 5.69 Å². The summed E-state index contributed by atoms with van der Waals surface area (Å²) in [6.45, 7) is 4.66. The number of nitrogens with zero attached hydrogens (tertiary/aromatic N) is 1. The van der Waals surface area contributed by atoms with Crippen LogP contribution in [0, 0.1) is 0 Å². The Hall–Kier alpha value is -6.05. The maximum absolute atomic E-state index is 4.88. The fourth-order valence-corrected chi connectivity index (χ4v) is 8.53. The molecule has 1 aromatic heterocycles. The van der Waals surface area contributed by atoms with Crippen LogP contribution in [-0.2, 0) is 5.41 Å². The third-order valence-electron chi connectivity index (χ3n) is 10.9. The third kappa shape index (κ3) is 4.09. The maximum Gasteiger partial charge on any atom is 0.0752 e. The van der Waals surface area contributed by atoms with Gasteiger partial charge in [0.05, 0.1) is 5.69 Å². The zero-order valence-corrected chi connectivity index (χ0v) is 27.5. The lowest BCUT2D eigenvalue weighted by Crippen LogP contribution is -2.15. The second-order valence-corrected chi connectivity index (χ2v) is 13.9. The van der Waals surface area contributed by atoms with Gasteiger partial charge < -0.3 is 0 Å². The molecule has 0 fully saturated rings. The van der Waals surface area contributed by atoms with E-state index in [9.17, 15) is 0 Å². The summed E-state index contributed by atoms with van der Waals surface area (Å²) in [5.74, 6) is 0. The van der Waals surface area contributed by atoms with Gasteiger partial charge in [-0.15, -0.1) is 0 Å². The maximum atomic E-state index is 4.88. The SMILES string of the molecule is CC1(C)c2cccnc2-c2c1cc(-c1ccc(-c3c4ccccc4c(-c4ccc5ccccc5c4)c4ccccc34)cc1)c1ccccc21. The second-order valence-electron chi connectivity index (χ2n) is 13.9. The van der Waals surface area contributed by atoms with Gasteiger partial charge in [0, 0.05) is 17.2 Å². The van der Waals surface area contributed by atoms with E-state index in [4.69, 9.17) is 4.98 Å². The molecule has 49 heavy (non-hydrogen) atoms. The molecule has 10 rings (SSSR count). The molecule has 1 aliphatic carbocycles. The number of aromatic nitrogens is 1. The number of fused-ring (bicyclic) bond motifs is 8. The van der Waals surface area contributed by atoms with Gasteiger partial charge in [-0.1, -0.05) is 153 Å². The molecule has 1 heteroatoms. The van der Waals surface area contributed by atoms with Crippen molar-refractivity contribution in [1.29, 1.82) is 0 Å². The highest BCUT2D eigenvalue weighted by molar-refractivity contribution is 6.22. The Bertz CT molecular complexity index is 2730. The summed E-state index contributed by atoms with van der Waals surface area (Å²) >= 11 is 0. The van der Waals surface area contributed by atoms with Crippen LogP contribution in [0.4, 0.5) is 0 Å². The van der Waals surface area contributed by atoms with Gasteiger partial charge in [-0.2, -0.15) is 0 Å².